The Hall–Kier alpha value is -0.240. The summed E-state index contributed by atoms with van der Waals surface area (Å²) in [4.78, 5) is 0. The van der Waals surface area contributed by atoms with Crippen LogP contribution >= 0.6 is 0 Å². The summed E-state index contributed by atoms with van der Waals surface area (Å²) in [6, 6.07) is 0. The van der Waals surface area contributed by atoms with E-state index in [0.29, 0.717) is 12.5 Å². The summed E-state index contributed by atoms with van der Waals surface area (Å²) >= 11 is 0. The Balaban J connectivity index is 1.88. The molecule has 1 heterocycles. The van der Waals surface area contributed by atoms with Gasteiger partial charge in [-0.05, 0) is 25.3 Å². The molecule has 1 saturated heterocycles. The quantitative estimate of drug-likeness (QED) is 0.566. The lowest BCUT2D eigenvalue weighted by Crippen LogP contribution is -2.61. The Morgan fingerprint density at radius 2 is 1.73 bits per heavy atom. The highest BCUT2D eigenvalue weighted by Crippen LogP contribution is 2.27. The van der Waals surface area contributed by atoms with Gasteiger partial charge >= 0.3 is 0 Å². The van der Waals surface area contributed by atoms with Crippen LogP contribution in [0.15, 0.2) is 0 Å². The van der Waals surface area contributed by atoms with Crippen LogP contribution in [-0.4, -0.2) is 65.2 Å². The van der Waals surface area contributed by atoms with Crippen LogP contribution in [0, 0.1) is 5.92 Å². The van der Waals surface area contributed by atoms with E-state index in [1.807, 2.05) is 0 Å². The van der Waals surface area contributed by atoms with Crippen LogP contribution in [0.25, 0.3) is 0 Å². The second-order valence-corrected chi connectivity index (χ2v) is 6.96. The fourth-order valence-corrected chi connectivity index (χ4v) is 3.10. The minimum Gasteiger partial charge on any atom is -0.388 e. The van der Waals surface area contributed by atoms with Gasteiger partial charge in [0, 0.05) is 6.54 Å². The molecule has 0 aromatic rings. The second-order valence-electron chi connectivity index (χ2n) is 6.96. The van der Waals surface area contributed by atoms with Crippen molar-refractivity contribution in [3.8, 4) is 0 Å². The molecule has 0 aromatic heterocycles. The highest BCUT2D eigenvalue weighted by Gasteiger charge is 2.44. The zero-order valence-corrected chi connectivity index (χ0v) is 13.6. The van der Waals surface area contributed by atoms with Gasteiger partial charge in [0.2, 0.25) is 0 Å². The number of aliphatic hydroxyl groups excluding tert-OH is 3. The van der Waals surface area contributed by atoms with E-state index in [0.717, 1.165) is 32.2 Å². The highest BCUT2D eigenvalue weighted by atomic mass is 16.7. The third kappa shape index (κ3) is 4.88. The van der Waals surface area contributed by atoms with E-state index in [1.165, 1.54) is 6.42 Å². The standard InChI is InChI=1S/C16H31NO5/c1-10(2)8-17-9-12-13(18)14(19)15(20)16(22-12)21-11-6-4-3-5-7-11/h10-20H,3-9H2,1-2H3/t12-,13+,14+,15+,16+/m1/s1. The lowest BCUT2D eigenvalue weighted by molar-refractivity contribution is -0.307. The second kappa shape index (κ2) is 8.57. The van der Waals surface area contributed by atoms with Gasteiger partial charge in [0.1, 0.15) is 24.4 Å². The van der Waals surface area contributed by atoms with E-state index < -0.39 is 30.7 Å². The van der Waals surface area contributed by atoms with E-state index >= 15 is 0 Å². The van der Waals surface area contributed by atoms with E-state index in [9.17, 15) is 15.3 Å². The molecule has 22 heavy (non-hydrogen) atoms. The Labute approximate surface area is 132 Å². The van der Waals surface area contributed by atoms with Crippen molar-refractivity contribution in [2.45, 2.75) is 82.8 Å². The van der Waals surface area contributed by atoms with Gasteiger partial charge in [-0.2, -0.15) is 0 Å². The van der Waals surface area contributed by atoms with Crippen LogP contribution in [0.1, 0.15) is 46.0 Å². The van der Waals surface area contributed by atoms with Crippen LogP contribution in [0.4, 0.5) is 0 Å². The molecule has 1 saturated carbocycles. The van der Waals surface area contributed by atoms with E-state index in [1.54, 1.807) is 0 Å². The summed E-state index contributed by atoms with van der Waals surface area (Å²) in [7, 11) is 0. The molecule has 0 aromatic carbocycles. The van der Waals surface area contributed by atoms with Gasteiger partial charge in [0.15, 0.2) is 6.29 Å². The zero-order valence-electron chi connectivity index (χ0n) is 13.6. The molecular formula is C16H31NO5. The van der Waals surface area contributed by atoms with Crippen molar-refractivity contribution in [2.24, 2.45) is 5.92 Å². The molecule has 130 valence electrons. The minimum absolute atomic E-state index is 0.0696. The van der Waals surface area contributed by atoms with Crippen molar-refractivity contribution < 1.29 is 24.8 Å². The predicted molar refractivity (Wildman–Crippen MR) is 82.3 cm³/mol. The Morgan fingerprint density at radius 1 is 1.05 bits per heavy atom. The highest BCUT2D eigenvalue weighted by molar-refractivity contribution is 4.90. The molecule has 6 nitrogen and oxygen atoms in total. The first-order valence-corrected chi connectivity index (χ1v) is 8.55. The summed E-state index contributed by atoms with van der Waals surface area (Å²) in [5.74, 6) is 0.491. The normalized spacial score (nSPS) is 37.6. The number of aliphatic hydroxyl groups is 3. The number of ether oxygens (including phenoxy) is 2. The molecule has 6 heteroatoms. The first kappa shape index (κ1) is 18.1. The largest absolute Gasteiger partial charge is 0.388 e. The summed E-state index contributed by atoms with van der Waals surface area (Å²) in [6.45, 7) is 5.42. The molecule has 2 aliphatic rings. The third-order valence-corrected chi connectivity index (χ3v) is 4.45. The molecule has 1 aliphatic heterocycles. The number of nitrogens with one attached hydrogen (secondary N) is 1. The minimum atomic E-state index is -1.24. The molecule has 5 atom stereocenters. The lowest BCUT2D eigenvalue weighted by Gasteiger charge is -2.42. The van der Waals surface area contributed by atoms with Crippen molar-refractivity contribution in [3.05, 3.63) is 0 Å². The summed E-state index contributed by atoms with van der Waals surface area (Å²) in [6.07, 6.45) is 0.446. The fraction of sp³-hybridized carbons (Fsp3) is 1.00. The van der Waals surface area contributed by atoms with Crippen LogP contribution in [0.5, 0.6) is 0 Å². The molecule has 2 fully saturated rings. The molecule has 0 spiro atoms. The van der Waals surface area contributed by atoms with Crippen LogP contribution in [-0.2, 0) is 9.47 Å². The summed E-state index contributed by atoms with van der Waals surface area (Å²) in [5.41, 5.74) is 0. The fourth-order valence-electron chi connectivity index (χ4n) is 3.10. The topological polar surface area (TPSA) is 91.2 Å². The zero-order chi connectivity index (χ0) is 16.1. The smallest absolute Gasteiger partial charge is 0.186 e. The van der Waals surface area contributed by atoms with Crippen molar-refractivity contribution >= 4 is 0 Å². The number of rotatable bonds is 6. The van der Waals surface area contributed by atoms with Crippen molar-refractivity contribution in [2.75, 3.05) is 13.1 Å². The van der Waals surface area contributed by atoms with Gasteiger partial charge in [0.25, 0.3) is 0 Å². The average molecular weight is 317 g/mol. The molecule has 0 bridgehead atoms. The molecule has 1 aliphatic carbocycles. The Morgan fingerprint density at radius 3 is 2.36 bits per heavy atom. The number of hydrogen-bond acceptors (Lipinski definition) is 6. The Kier molecular flexibility index (Phi) is 7.05. The molecule has 0 unspecified atom stereocenters. The first-order chi connectivity index (χ1) is 10.5. The van der Waals surface area contributed by atoms with Gasteiger partial charge in [-0.3, -0.25) is 0 Å². The van der Waals surface area contributed by atoms with Crippen molar-refractivity contribution in [1.82, 2.24) is 5.32 Å². The predicted octanol–water partition coefficient (Wildman–Crippen LogP) is 0.389. The van der Waals surface area contributed by atoms with E-state index in [2.05, 4.69) is 19.2 Å². The van der Waals surface area contributed by atoms with Crippen LogP contribution < -0.4 is 5.32 Å². The van der Waals surface area contributed by atoms with Crippen LogP contribution in [0.2, 0.25) is 0 Å². The monoisotopic (exact) mass is 317 g/mol. The maximum absolute atomic E-state index is 10.1. The van der Waals surface area contributed by atoms with Gasteiger partial charge in [0.05, 0.1) is 6.10 Å². The average Bonchev–Trinajstić information content (AvgIpc) is 2.50. The lowest BCUT2D eigenvalue weighted by atomic mass is 9.96. The molecule has 0 amide bonds. The van der Waals surface area contributed by atoms with Crippen molar-refractivity contribution in [3.63, 3.8) is 0 Å². The third-order valence-electron chi connectivity index (χ3n) is 4.45. The SMILES string of the molecule is CC(C)CNC[C@H]1O[C@H](OC2CCCCC2)[C@@H](O)[C@@H](O)[C@H]1O. The summed E-state index contributed by atoms with van der Waals surface area (Å²) in [5, 5.41) is 33.4. The molecule has 2 rings (SSSR count). The molecular weight excluding hydrogens is 286 g/mol. The summed E-state index contributed by atoms with van der Waals surface area (Å²) < 4.78 is 11.6. The first-order valence-electron chi connectivity index (χ1n) is 8.55. The molecule has 4 N–H and O–H groups in total. The van der Waals surface area contributed by atoms with E-state index in [4.69, 9.17) is 9.47 Å². The van der Waals surface area contributed by atoms with Gasteiger partial charge < -0.3 is 30.1 Å². The maximum atomic E-state index is 10.1. The maximum Gasteiger partial charge on any atom is 0.186 e. The van der Waals surface area contributed by atoms with Gasteiger partial charge in [-0.15, -0.1) is 0 Å². The van der Waals surface area contributed by atoms with E-state index in [-0.39, 0.29) is 6.10 Å². The van der Waals surface area contributed by atoms with Crippen LogP contribution in [0.3, 0.4) is 0 Å². The van der Waals surface area contributed by atoms with Crippen molar-refractivity contribution in [1.29, 1.82) is 0 Å². The number of hydrogen-bond donors (Lipinski definition) is 4. The van der Waals surface area contributed by atoms with Gasteiger partial charge in [-0.25, -0.2) is 0 Å². The van der Waals surface area contributed by atoms with Gasteiger partial charge in [-0.1, -0.05) is 33.1 Å². The molecule has 0 radical (unpaired) electrons. The Bertz CT molecular complexity index is 322.